The molecule has 1 aromatic rings. The van der Waals surface area contributed by atoms with Gasteiger partial charge in [-0.25, -0.2) is 4.39 Å². The van der Waals surface area contributed by atoms with Crippen LogP contribution in [0.3, 0.4) is 0 Å². The fourth-order valence-corrected chi connectivity index (χ4v) is 1.20. The molecule has 0 radical (unpaired) electrons. The fraction of sp³-hybridized carbons (Fsp3) is 0.111. The van der Waals surface area contributed by atoms with Crippen LogP contribution < -0.4 is 0 Å². The van der Waals surface area contributed by atoms with Crippen molar-refractivity contribution in [2.24, 2.45) is 0 Å². The first kappa shape index (κ1) is 9.42. The van der Waals surface area contributed by atoms with Crippen LogP contribution in [0.4, 0.5) is 4.39 Å². The van der Waals surface area contributed by atoms with Crippen molar-refractivity contribution in [1.82, 2.24) is 0 Å². The highest BCUT2D eigenvalue weighted by Crippen LogP contribution is 2.18. The van der Waals surface area contributed by atoms with E-state index in [2.05, 4.69) is 15.9 Å². The van der Waals surface area contributed by atoms with Crippen LogP contribution in [0.2, 0.25) is 0 Å². The number of halogens is 2. The lowest BCUT2D eigenvalue weighted by atomic mass is 10.2. The highest BCUT2D eigenvalue weighted by atomic mass is 79.9. The van der Waals surface area contributed by atoms with E-state index in [0.29, 0.717) is 0 Å². The molecule has 12 heavy (non-hydrogen) atoms. The van der Waals surface area contributed by atoms with Crippen LogP contribution in [0, 0.1) is 5.82 Å². The molecular weight excluding hydrogens is 223 g/mol. The summed E-state index contributed by atoms with van der Waals surface area (Å²) in [6, 6.07) is 4.41. The Balaban J connectivity index is 2.97. The van der Waals surface area contributed by atoms with Gasteiger partial charge in [0.25, 0.3) is 0 Å². The average Bonchev–Trinajstić information content (AvgIpc) is 2.07. The lowest BCUT2D eigenvalue weighted by Crippen LogP contribution is -1.80. The summed E-state index contributed by atoms with van der Waals surface area (Å²) in [5.41, 5.74) is 0.726. The van der Waals surface area contributed by atoms with Gasteiger partial charge in [-0.3, -0.25) is 0 Å². The summed E-state index contributed by atoms with van der Waals surface area (Å²) in [5.74, 6) is -0.282. The minimum atomic E-state index is -0.282. The molecule has 1 nitrogen and oxygen atoms in total. The Hall–Kier alpha value is -0.670. The van der Waals surface area contributed by atoms with E-state index in [1.807, 2.05) is 0 Å². The van der Waals surface area contributed by atoms with Crippen molar-refractivity contribution in [2.45, 2.75) is 0 Å². The monoisotopic (exact) mass is 230 g/mol. The van der Waals surface area contributed by atoms with Crippen LogP contribution in [-0.4, -0.2) is 11.7 Å². The van der Waals surface area contributed by atoms with Gasteiger partial charge in [-0.1, -0.05) is 28.1 Å². The largest absolute Gasteiger partial charge is 0.392 e. The number of rotatable bonds is 2. The molecule has 0 aromatic heterocycles. The lowest BCUT2D eigenvalue weighted by Gasteiger charge is -1.97. The maximum atomic E-state index is 12.7. The molecule has 0 bridgehead atoms. The summed E-state index contributed by atoms with van der Waals surface area (Å²) >= 11 is 3.26. The van der Waals surface area contributed by atoms with E-state index in [4.69, 9.17) is 5.11 Å². The highest BCUT2D eigenvalue weighted by molar-refractivity contribution is 9.10. The minimum Gasteiger partial charge on any atom is -0.392 e. The SMILES string of the molecule is OCC=Cc1cc(F)ccc1Br. The van der Waals surface area contributed by atoms with Crippen LogP contribution in [0.1, 0.15) is 5.56 Å². The van der Waals surface area contributed by atoms with Gasteiger partial charge in [0.05, 0.1) is 6.61 Å². The number of aliphatic hydroxyl groups excluding tert-OH is 1. The first-order valence-corrected chi connectivity index (χ1v) is 4.26. The van der Waals surface area contributed by atoms with Crippen LogP contribution in [-0.2, 0) is 0 Å². The van der Waals surface area contributed by atoms with Crippen LogP contribution in [0.15, 0.2) is 28.7 Å². The molecule has 0 aliphatic carbocycles. The maximum absolute atomic E-state index is 12.7. The van der Waals surface area contributed by atoms with E-state index < -0.39 is 0 Å². The summed E-state index contributed by atoms with van der Waals surface area (Å²) in [4.78, 5) is 0. The van der Waals surface area contributed by atoms with E-state index >= 15 is 0 Å². The third kappa shape index (κ3) is 2.43. The second-order valence-electron chi connectivity index (χ2n) is 2.25. The predicted molar refractivity (Wildman–Crippen MR) is 50.2 cm³/mol. The van der Waals surface area contributed by atoms with E-state index in [0.717, 1.165) is 10.0 Å². The molecule has 0 aliphatic rings. The molecule has 0 fully saturated rings. The first-order valence-electron chi connectivity index (χ1n) is 3.46. The third-order valence-electron chi connectivity index (χ3n) is 1.36. The first-order chi connectivity index (χ1) is 5.74. The zero-order chi connectivity index (χ0) is 8.97. The molecule has 0 saturated heterocycles. The zero-order valence-corrected chi connectivity index (χ0v) is 7.88. The van der Waals surface area contributed by atoms with Gasteiger partial charge in [0.2, 0.25) is 0 Å². The van der Waals surface area contributed by atoms with Gasteiger partial charge >= 0.3 is 0 Å². The molecule has 0 amide bonds. The van der Waals surface area contributed by atoms with Crippen molar-refractivity contribution >= 4 is 22.0 Å². The van der Waals surface area contributed by atoms with Gasteiger partial charge < -0.3 is 5.11 Å². The predicted octanol–water partition coefficient (Wildman–Crippen LogP) is 2.59. The van der Waals surface area contributed by atoms with Gasteiger partial charge in [-0.15, -0.1) is 0 Å². The van der Waals surface area contributed by atoms with Crippen LogP contribution in [0.5, 0.6) is 0 Å². The number of benzene rings is 1. The Morgan fingerprint density at radius 3 is 2.92 bits per heavy atom. The Kier molecular flexibility index (Phi) is 3.44. The van der Waals surface area contributed by atoms with E-state index in [1.165, 1.54) is 12.1 Å². The summed E-state index contributed by atoms with van der Waals surface area (Å²) in [7, 11) is 0. The van der Waals surface area contributed by atoms with E-state index in [-0.39, 0.29) is 12.4 Å². The minimum absolute atomic E-state index is 0.0387. The Morgan fingerprint density at radius 1 is 1.50 bits per heavy atom. The van der Waals surface area contributed by atoms with Gasteiger partial charge in [-0.2, -0.15) is 0 Å². The highest BCUT2D eigenvalue weighted by Gasteiger charge is 1.96. The molecule has 0 unspecified atom stereocenters. The summed E-state index contributed by atoms with van der Waals surface area (Å²) in [5, 5.41) is 8.49. The molecule has 64 valence electrons. The second-order valence-corrected chi connectivity index (χ2v) is 3.11. The van der Waals surface area contributed by atoms with Crippen molar-refractivity contribution in [3.63, 3.8) is 0 Å². The van der Waals surface area contributed by atoms with Crippen molar-refractivity contribution in [2.75, 3.05) is 6.61 Å². The van der Waals surface area contributed by atoms with Crippen LogP contribution in [0.25, 0.3) is 6.08 Å². The standard InChI is InChI=1S/C9H8BrFO/c10-9-4-3-8(11)6-7(9)2-1-5-12/h1-4,6,12H,5H2. The van der Waals surface area contributed by atoms with Crippen molar-refractivity contribution in [1.29, 1.82) is 0 Å². The quantitative estimate of drug-likeness (QED) is 0.829. The lowest BCUT2D eigenvalue weighted by molar-refractivity contribution is 0.343. The number of hydrogen-bond donors (Lipinski definition) is 1. The van der Waals surface area contributed by atoms with E-state index in [1.54, 1.807) is 18.2 Å². The van der Waals surface area contributed by atoms with Crippen molar-refractivity contribution in [3.8, 4) is 0 Å². The van der Waals surface area contributed by atoms with Gasteiger partial charge in [0.15, 0.2) is 0 Å². The number of hydrogen-bond acceptors (Lipinski definition) is 1. The Bertz CT molecular complexity index is 297. The fourth-order valence-electron chi connectivity index (χ4n) is 0.822. The van der Waals surface area contributed by atoms with Crippen molar-refractivity contribution < 1.29 is 9.50 Å². The topological polar surface area (TPSA) is 20.2 Å². The number of aliphatic hydroxyl groups is 1. The molecule has 0 aliphatic heterocycles. The summed E-state index contributed by atoms with van der Waals surface area (Å²) in [6.45, 7) is -0.0387. The maximum Gasteiger partial charge on any atom is 0.123 e. The molecule has 3 heteroatoms. The average molecular weight is 231 g/mol. The Labute approximate surface area is 78.7 Å². The van der Waals surface area contributed by atoms with E-state index in [9.17, 15) is 4.39 Å². The molecule has 1 rings (SSSR count). The van der Waals surface area contributed by atoms with Crippen molar-refractivity contribution in [3.05, 3.63) is 40.1 Å². The summed E-state index contributed by atoms with van der Waals surface area (Å²) < 4.78 is 13.5. The normalized spacial score (nSPS) is 10.9. The van der Waals surface area contributed by atoms with Gasteiger partial charge in [-0.05, 0) is 23.8 Å². The molecule has 0 spiro atoms. The smallest absolute Gasteiger partial charge is 0.123 e. The summed E-state index contributed by atoms with van der Waals surface area (Å²) in [6.07, 6.45) is 3.21. The second kappa shape index (κ2) is 4.38. The Morgan fingerprint density at radius 2 is 2.25 bits per heavy atom. The molecule has 0 atom stereocenters. The van der Waals surface area contributed by atoms with Gasteiger partial charge in [0.1, 0.15) is 5.82 Å². The third-order valence-corrected chi connectivity index (χ3v) is 2.08. The molecular formula is C9H8BrFO. The molecule has 0 heterocycles. The van der Waals surface area contributed by atoms with Gasteiger partial charge in [0, 0.05) is 4.47 Å². The zero-order valence-electron chi connectivity index (χ0n) is 6.30. The molecule has 1 N–H and O–H groups in total. The van der Waals surface area contributed by atoms with Crippen LogP contribution >= 0.6 is 15.9 Å². The molecule has 1 aromatic carbocycles. The molecule has 0 saturated carbocycles.